The van der Waals surface area contributed by atoms with E-state index in [9.17, 15) is 30.8 Å². The molecule has 0 unspecified atom stereocenters. The van der Waals surface area contributed by atoms with Crippen molar-refractivity contribution in [3.05, 3.63) is 77.0 Å². The molecule has 0 radical (unpaired) electrons. The summed E-state index contributed by atoms with van der Waals surface area (Å²) in [7, 11) is -3.52. The number of rotatable bonds is 9. The van der Waals surface area contributed by atoms with E-state index >= 15 is 0 Å². The van der Waals surface area contributed by atoms with E-state index in [4.69, 9.17) is 15.2 Å². The minimum absolute atomic E-state index is 0.0646. The van der Waals surface area contributed by atoms with Crippen LogP contribution in [0.25, 0.3) is 0 Å². The molecule has 1 aromatic carbocycles. The Morgan fingerprint density at radius 2 is 2.00 bits per heavy atom. The van der Waals surface area contributed by atoms with Gasteiger partial charge in [0, 0.05) is 24.4 Å². The average molecular weight is 553 g/mol. The number of halogens is 4. The summed E-state index contributed by atoms with van der Waals surface area (Å²) >= 11 is 0. The van der Waals surface area contributed by atoms with Crippen molar-refractivity contribution in [1.29, 1.82) is 10.8 Å². The van der Waals surface area contributed by atoms with Crippen LogP contribution in [0.15, 0.2) is 52.7 Å². The van der Waals surface area contributed by atoms with Gasteiger partial charge in [0.05, 0.1) is 23.2 Å². The Balaban J connectivity index is 1.63. The molecule has 2 aromatic rings. The van der Waals surface area contributed by atoms with Gasteiger partial charge in [0.2, 0.25) is 5.89 Å². The fraction of sp³-hybridized carbons (Fsp3) is 0.360. The molecule has 8 nitrogen and oxygen atoms in total. The normalized spacial score (nSPS) is 22.1. The van der Waals surface area contributed by atoms with Gasteiger partial charge in [-0.2, -0.15) is 0 Å². The third-order valence-corrected chi connectivity index (χ3v) is 7.60. The quantitative estimate of drug-likeness (QED) is 0.274. The largest absolute Gasteiger partial charge is 0.447 e. The van der Waals surface area contributed by atoms with E-state index in [1.54, 1.807) is 0 Å². The number of aromatic nitrogens is 1. The lowest BCUT2D eigenvalue weighted by Crippen LogP contribution is -2.45. The number of carbonyl (C=O) groups excluding carboxylic acids is 1. The van der Waals surface area contributed by atoms with Gasteiger partial charge in [-0.1, -0.05) is 18.2 Å². The third kappa shape index (κ3) is 5.06. The van der Waals surface area contributed by atoms with Gasteiger partial charge in [-0.05, 0) is 36.6 Å². The standard InChI is InChI=1S/C25H24F4N4O4S/c1-13-14-6-7-25(13,23(31)15(14)8-18(30)22-16(26)4-3-5-17(22)27)12-33(9-20(28)29)24(34)19-10-37-21(32-19)11-38(2,35)36/h3-5,8,10,14,20,30-31H,1,6-7,9,11-12H2,2H3/b15-8-,30-18?,31-23?/t14-,25-/m1/s1. The maximum absolute atomic E-state index is 14.2. The van der Waals surface area contributed by atoms with Gasteiger partial charge in [-0.15, -0.1) is 0 Å². The molecule has 13 heteroatoms. The SMILES string of the molecule is C=C1[C@H]2CC[C@]1(CN(CC(F)F)C(=O)c1coc(CS(C)(=O)=O)n1)C(=N)/C2=C\C(=N)c1c(F)cccc1F. The molecule has 2 aliphatic carbocycles. The van der Waals surface area contributed by atoms with Crippen molar-refractivity contribution in [3.63, 3.8) is 0 Å². The molecule has 1 aromatic heterocycles. The van der Waals surface area contributed by atoms with Crippen molar-refractivity contribution >= 4 is 27.2 Å². The molecule has 0 saturated heterocycles. The molecule has 38 heavy (non-hydrogen) atoms. The van der Waals surface area contributed by atoms with Crippen molar-refractivity contribution in [2.45, 2.75) is 25.0 Å². The van der Waals surface area contributed by atoms with E-state index in [0.717, 1.165) is 29.6 Å². The number of hydrogen-bond acceptors (Lipinski definition) is 7. The summed E-state index contributed by atoms with van der Waals surface area (Å²) < 4.78 is 83.4. The number of nitrogens with one attached hydrogen (secondary N) is 2. The second-order valence-corrected chi connectivity index (χ2v) is 11.6. The van der Waals surface area contributed by atoms with Crippen LogP contribution in [0.3, 0.4) is 0 Å². The molecule has 2 atom stereocenters. The van der Waals surface area contributed by atoms with E-state index in [1.165, 1.54) is 12.1 Å². The van der Waals surface area contributed by atoms with E-state index in [1.807, 2.05) is 0 Å². The summed E-state index contributed by atoms with van der Waals surface area (Å²) in [5, 5.41) is 17.1. The third-order valence-electron chi connectivity index (χ3n) is 6.83. The van der Waals surface area contributed by atoms with Gasteiger partial charge < -0.3 is 20.1 Å². The molecular weight excluding hydrogens is 528 g/mol. The first-order chi connectivity index (χ1) is 17.7. The fourth-order valence-corrected chi connectivity index (χ4v) is 5.71. The summed E-state index contributed by atoms with van der Waals surface area (Å²) in [5.74, 6) is -4.11. The maximum Gasteiger partial charge on any atom is 0.276 e. The highest BCUT2D eigenvalue weighted by molar-refractivity contribution is 7.89. The number of hydrogen-bond donors (Lipinski definition) is 2. The van der Waals surface area contributed by atoms with Crippen LogP contribution in [0.1, 0.15) is 34.8 Å². The molecule has 2 fully saturated rings. The number of alkyl halides is 2. The van der Waals surface area contributed by atoms with E-state index in [0.29, 0.717) is 18.4 Å². The summed E-state index contributed by atoms with van der Waals surface area (Å²) in [6, 6.07) is 3.19. The highest BCUT2D eigenvalue weighted by Gasteiger charge is 2.56. The van der Waals surface area contributed by atoms with Crippen LogP contribution in [0.2, 0.25) is 0 Å². The van der Waals surface area contributed by atoms with Crippen LogP contribution >= 0.6 is 0 Å². The highest BCUT2D eigenvalue weighted by atomic mass is 32.2. The Kier molecular flexibility index (Phi) is 7.17. The fourth-order valence-electron chi connectivity index (χ4n) is 5.13. The Morgan fingerprint density at radius 1 is 1.34 bits per heavy atom. The number of amides is 1. The molecular formula is C25H24F4N4O4S. The van der Waals surface area contributed by atoms with Gasteiger partial charge in [-0.3, -0.25) is 4.79 Å². The molecule has 2 N–H and O–H groups in total. The zero-order valence-corrected chi connectivity index (χ0v) is 21.0. The van der Waals surface area contributed by atoms with Crippen LogP contribution < -0.4 is 0 Å². The predicted molar refractivity (Wildman–Crippen MR) is 130 cm³/mol. The molecule has 1 amide bonds. The molecule has 4 rings (SSSR count). The zero-order valence-electron chi connectivity index (χ0n) is 20.2. The molecule has 0 spiro atoms. The molecule has 1 heterocycles. The lowest BCUT2D eigenvalue weighted by atomic mass is 9.78. The number of benzene rings is 1. The predicted octanol–water partition coefficient (Wildman–Crippen LogP) is 4.19. The summed E-state index contributed by atoms with van der Waals surface area (Å²) in [6.45, 7) is 2.71. The zero-order chi connectivity index (χ0) is 28.0. The Labute approximate surface area is 216 Å². The van der Waals surface area contributed by atoms with Gasteiger partial charge in [0.15, 0.2) is 15.5 Å². The van der Waals surface area contributed by atoms with Crippen LogP contribution in [-0.4, -0.2) is 61.4 Å². The van der Waals surface area contributed by atoms with Crippen molar-refractivity contribution in [3.8, 4) is 0 Å². The molecule has 2 saturated carbocycles. The van der Waals surface area contributed by atoms with Crippen molar-refractivity contribution < 1.29 is 35.2 Å². The van der Waals surface area contributed by atoms with Crippen molar-refractivity contribution in [1.82, 2.24) is 9.88 Å². The van der Waals surface area contributed by atoms with Crippen molar-refractivity contribution in [2.24, 2.45) is 11.3 Å². The first kappa shape index (κ1) is 27.4. The molecule has 2 bridgehead atoms. The topological polar surface area (TPSA) is 128 Å². The second-order valence-electron chi connectivity index (χ2n) is 9.46. The minimum Gasteiger partial charge on any atom is -0.447 e. The first-order valence-electron chi connectivity index (χ1n) is 11.5. The maximum atomic E-state index is 14.2. The van der Waals surface area contributed by atoms with Gasteiger partial charge in [-0.25, -0.2) is 31.0 Å². The van der Waals surface area contributed by atoms with Crippen LogP contribution in [0, 0.1) is 33.8 Å². The van der Waals surface area contributed by atoms with Crippen molar-refractivity contribution in [2.75, 3.05) is 19.3 Å². The van der Waals surface area contributed by atoms with E-state index in [-0.39, 0.29) is 29.4 Å². The van der Waals surface area contributed by atoms with Crippen LogP contribution in [0.4, 0.5) is 17.6 Å². The van der Waals surface area contributed by atoms with Crippen LogP contribution in [-0.2, 0) is 15.6 Å². The summed E-state index contributed by atoms with van der Waals surface area (Å²) in [4.78, 5) is 17.8. The Bertz CT molecular complexity index is 1460. The minimum atomic E-state index is -3.52. The second kappa shape index (κ2) is 9.93. The summed E-state index contributed by atoms with van der Waals surface area (Å²) in [6.07, 6.45) is 0.861. The van der Waals surface area contributed by atoms with Gasteiger partial charge in [0.25, 0.3) is 12.3 Å². The van der Waals surface area contributed by atoms with Gasteiger partial charge >= 0.3 is 0 Å². The lowest BCUT2D eigenvalue weighted by Gasteiger charge is -2.34. The molecule has 0 aliphatic heterocycles. The number of sulfone groups is 1. The number of allylic oxidation sites excluding steroid dienone is 2. The van der Waals surface area contributed by atoms with Gasteiger partial charge in [0.1, 0.15) is 23.7 Å². The molecule has 2 aliphatic rings. The number of oxazole rings is 1. The number of carbonyl (C=O) groups is 1. The van der Waals surface area contributed by atoms with E-state index in [2.05, 4.69) is 11.6 Å². The Morgan fingerprint density at radius 3 is 2.61 bits per heavy atom. The first-order valence-corrected chi connectivity index (χ1v) is 13.5. The number of nitrogens with zero attached hydrogens (tertiary/aromatic N) is 2. The number of fused-ring (bicyclic) bond motifs is 2. The molecule has 202 valence electrons. The highest BCUT2D eigenvalue weighted by Crippen LogP contribution is 2.58. The lowest BCUT2D eigenvalue weighted by molar-refractivity contribution is 0.0499. The smallest absolute Gasteiger partial charge is 0.276 e. The average Bonchev–Trinajstić information content (AvgIpc) is 3.44. The monoisotopic (exact) mass is 552 g/mol. The van der Waals surface area contributed by atoms with E-state index < -0.39 is 68.7 Å². The van der Waals surface area contributed by atoms with Crippen LogP contribution in [0.5, 0.6) is 0 Å². The summed E-state index contributed by atoms with van der Waals surface area (Å²) in [5.41, 5.74) is -1.91. The Hall–Kier alpha value is -3.61.